The standard InChI is InChI=1S/C30H33ClN6O3S/c1-40-29-16-15-28(33-34-29)37(41(38,39)27-13-11-26(32)12-14-27)22-19-35-17-20-36(21-18-35)30(23-5-3-2-4-6-23)24-7-9-25(31)10-8-24/h2-16,30H,17-22,32H2,1H3/t30-/m1/s1. The van der Waals surface area contributed by atoms with Gasteiger partial charge in [-0.3, -0.25) is 9.80 Å². The summed E-state index contributed by atoms with van der Waals surface area (Å²) in [6, 6.07) is 28.0. The quantitative estimate of drug-likeness (QED) is 0.271. The Balaban J connectivity index is 1.31. The maximum absolute atomic E-state index is 13.7. The van der Waals surface area contributed by atoms with Crippen LogP contribution >= 0.6 is 11.6 Å². The van der Waals surface area contributed by atoms with Gasteiger partial charge in [0.05, 0.1) is 18.0 Å². The molecule has 1 aromatic heterocycles. The Morgan fingerprint density at radius 1 is 0.878 bits per heavy atom. The number of ether oxygens (including phenoxy) is 1. The Morgan fingerprint density at radius 3 is 2.15 bits per heavy atom. The topological polar surface area (TPSA) is 105 Å². The van der Waals surface area contributed by atoms with Gasteiger partial charge in [-0.1, -0.05) is 54.1 Å². The van der Waals surface area contributed by atoms with Crippen molar-refractivity contribution in [2.45, 2.75) is 10.9 Å². The van der Waals surface area contributed by atoms with E-state index in [4.69, 9.17) is 22.1 Å². The SMILES string of the molecule is COc1ccc(N(CCN2CCN([C@H](c3ccccc3)c3ccc(Cl)cc3)CC2)S(=O)(=O)c2ccc(N)cc2)nn1. The first-order chi connectivity index (χ1) is 19.8. The average molecular weight is 593 g/mol. The van der Waals surface area contributed by atoms with Gasteiger partial charge in [-0.2, -0.15) is 0 Å². The molecular weight excluding hydrogens is 560 g/mol. The number of anilines is 2. The van der Waals surface area contributed by atoms with Crippen LogP contribution in [-0.4, -0.2) is 74.8 Å². The molecule has 5 rings (SSSR count). The van der Waals surface area contributed by atoms with Gasteiger partial charge in [0, 0.05) is 56.0 Å². The van der Waals surface area contributed by atoms with E-state index in [-0.39, 0.29) is 23.3 Å². The highest BCUT2D eigenvalue weighted by atomic mass is 35.5. The van der Waals surface area contributed by atoms with Crippen LogP contribution in [-0.2, 0) is 10.0 Å². The van der Waals surface area contributed by atoms with Crippen LogP contribution in [0.15, 0.2) is 95.9 Å². The van der Waals surface area contributed by atoms with Gasteiger partial charge < -0.3 is 10.5 Å². The number of sulfonamides is 1. The smallest absolute Gasteiger partial charge is 0.265 e. The molecule has 0 amide bonds. The first-order valence-corrected chi connectivity index (χ1v) is 15.2. The van der Waals surface area contributed by atoms with Crippen molar-refractivity contribution < 1.29 is 13.2 Å². The first kappa shape index (κ1) is 28.8. The van der Waals surface area contributed by atoms with E-state index >= 15 is 0 Å². The number of halogens is 1. The van der Waals surface area contributed by atoms with Crippen LogP contribution in [0.1, 0.15) is 17.2 Å². The number of nitrogens with two attached hydrogens (primary N) is 1. The molecule has 41 heavy (non-hydrogen) atoms. The van der Waals surface area contributed by atoms with Crippen molar-refractivity contribution in [2.75, 3.05) is 56.4 Å². The summed E-state index contributed by atoms with van der Waals surface area (Å²) in [7, 11) is -2.42. The van der Waals surface area contributed by atoms with E-state index in [0.29, 0.717) is 23.1 Å². The molecule has 0 radical (unpaired) electrons. The van der Waals surface area contributed by atoms with Crippen LogP contribution in [0.25, 0.3) is 0 Å². The average Bonchev–Trinajstić information content (AvgIpc) is 3.00. The Bertz CT molecular complexity index is 1510. The number of aromatic nitrogens is 2. The molecule has 4 aromatic rings. The number of piperazine rings is 1. The minimum Gasteiger partial charge on any atom is -0.480 e. The third-order valence-corrected chi connectivity index (χ3v) is 9.32. The zero-order valence-corrected chi connectivity index (χ0v) is 24.4. The lowest BCUT2D eigenvalue weighted by Gasteiger charge is -2.40. The number of hydrogen-bond acceptors (Lipinski definition) is 8. The Kier molecular flexibility index (Phi) is 9.04. The summed E-state index contributed by atoms with van der Waals surface area (Å²) in [6.07, 6.45) is 0. The zero-order chi connectivity index (χ0) is 28.8. The second kappa shape index (κ2) is 12.9. The van der Waals surface area contributed by atoms with Crippen molar-refractivity contribution in [1.29, 1.82) is 0 Å². The predicted molar refractivity (Wildman–Crippen MR) is 162 cm³/mol. The molecule has 214 valence electrons. The van der Waals surface area contributed by atoms with Crippen LogP contribution in [0, 0.1) is 0 Å². The van der Waals surface area contributed by atoms with E-state index in [0.717, 1.165) is 26.2 Å². The molecular formula is C30H33ClN6O3S. The number of rotatable bonds is 10. The normalized spacial score (nSPS) is 15.4. The maximum atomic E-state index is 13.7. The van der Waals surface area contributed by atoms with Crippen LogP contribution < -0.4 is 14.8 Å². The number of nitrogens with zero attached hydrogens (tertiary/aromatic N) is 5. The van der Waals surface area contributed by atoms with E-state index in [1.54, 1.807) is 24.3 Å². The van der Waals surface area contributed by atoms with Gasteiger partial charge >= 0.3 is 0 Å². The van der Waals surface area contributed by atoms with Crippen LogP contribution in [0.2, 0.25) is 5.02 Å². The zero-order valence-electron chi connectivity index (χ0n) is 22.8. The molecule has 1 aliphatic heterocycles. The van der Waals surface area contributed by atoms with Crippen molar-refractivity contribution >= 4 is 33.1 Å². The molecule has 2 heterocycles. The van der Waals surface area contributed by atoms with Crippen molar-refractivity contribution in [2.24, 2.45) is 0 Å². The molecule has 9 nitrogen and oxygen atoms in total. The molecule has 1 aliphatic rings. The minimum absolute atomic E-state index is 0.104. The summed E-state index contributed by atoms with van der Waals surface area (Å²) < 4.78 is 33.8. The molecule has 11 heteroatoms. The molecule has 0 unspecified atom stereocenters. The number of nitrogen functional groups attached to an aromatic ring is 1. The van der Waals surface area contributed by atoms with Gasteiger partial charge in [-0.25, -0.2) is 12.7 Å². The molecule has 0 saturated carbocycles. The molecule has 2 N–H and O–H groups in total. The van der Waals surface area contributed by atoms with Crippen LogP contribution in [0.4, 0.5) is 11.5 Å². The summed E-state index contributed by atoms with van der Waals surface area (Å²) >= 11 is 6.18. The van der Waals surface area contributed by atoms with E-state index in [9.17, 15) is 8.42 Å². The number of benzene rings is 3. The van der Waals surface area contributed by atoms with Crippen molar-refractivity contribution in [3.63, 3.8) is 0 Å². The molecule has 0 spiro atoms. The van der Waals surface area contributed by atoms with Gasteiger partial charge in [-0.15, -0.1) is 10.2 Å². The summed E-state index contributed by atoms with van der Waals surface area (Å²) in [6.45, 7) is 3.99. The predicted octanol–water partition coefficient (Wildman–Crippen LogP) is 4.32. The fourth-order valence-corrected chi connectivity index (χ4v) is 6.58. The molecule has 1 saturated heterocycles. The third kappa shape index (κ3) is 6.79. The third-order valence-electron chi connectivity index (χ3n) is 7.25. The van der Waals surface area contributed by atoms with Gasteiger partial charge in [0.2, 0.25) is 5.88 Å². The summed E-state index contributed by atoms with van der Waals surface area (Å²) in [5.74, 6) is 0.538. The van der Waals surface area contributed by atoms with Gasteiger partial charge in [0.1, 0.15) is 0 Å². The van der Waals surface area contributed by atoms with Crippen molar-refractivity contribution in [1.82, 2.24) is 20.0 Å². The fraction of sp³-hybridized carbons (Fsp3) is 0.267. The Labute approximate surface area is 246 Å². The van der Waals surface area contributed by atoms with Gasteiger partial charge in [0.15, 0.2) is 5.82 Å². The largest absolute Gasteiger partial charge is 0.480 e. The summed E-state index contributed by atoms with van der Waals surface area (Å²) in [4.78, 5) is 4.89. The fourth-order valence-electron chi connectivity index (χ4n) is 5.05. The van der Waals surface area contributed by atoms with E-state index in [2.05, 4.69) is 56.4 Å². The highest BCUT2D eigenvalue weighted by Crippen LogP contribution is 2.31. The van der Waals surface area contributed by atoms with E-state index in [1.807, 2.05) is 18.2 Å². The molecule has 0 aliphatic carbocycles. The van der Waals surface area contributed by atoms with E-state index in [1.165, 1.54) is 34.7 Å². The summed E-state index contributed by atoms with van der Waals surface area (Å²) in [5, 5.41) is 8.86. The number of methoxy groups -OCH3 is 1. The lowest BCUT2D eigenvalue weighted by atomic mass is 9.96. The number of hydrogen-bond donors (Lipinski definition) is 1. The first-order valence-electron chi connectivity index (χ1n) is 13.4. The Hall–Kier alpha value is -3.70. The monoisotopic (exact) mass is 592 g/mol. The lowest BCUT2D eigenvalue weighted by molar-refractivity contribution is 0.112. The van der Waals surface area contributed by atoms with E-state index < -0.39 is 10.0 Å². The van der Waals surface area contributed by atoms with Crippen LogP contribution in [0.5, 0.6) is 5.88 Å². The van der Waals surface area contributed by atoms with Crippen LogP contribution in [0.3, 0.4) is 0 Å². The Morgan fingerprint density at radius 2 is 1.54 bits per heavy atom. The second-order valence-corrected chi connectivity index (χ2v) is 12.1. The maximum Gasteiger partial charge on any atom is 0.265 e. The molecule has 0 bridgehead atoms. The van der Waals surface area contributed by atoms with Crippen molar-refractivity contribution in [3.05, 3.63) is 107 Å². The van der Waals surface area contributed by atoms with Gasteiger partial charge in [-0.05, 0) is 53.6 Å². The van der Waals surface area contributed by atoms with Crippen molar-refractivity contribution in [3.8, 4) is 5.88 Å². The second-order valence-electron chi connectivity index (χ2n) is 9.82. The molecule has 3 aromatic carbocycles. The van der Waals surface area contributed by atoms with Gasteiger partial charge in [0.25, 0.3) is 10.0 Å². The molecule has 1 atom stereocenters. The highest BCUT2D eigenvalue weighted by molar-refractivity contribution is 7.92. The summed E-state index contributed by atoms with van der Waals surface area (Å²) in [5.41, 5.74) is 8.70. The minimum atomic E-state index is -3.90. The highest BCUT2D eigenvalue weighted by Gasteiger charge is 2.30. The molecule has 1 fully saturated rings. The lowest BCUT2D eigenvalue weighted by Crippen LogP contribution is -2.50.